The Morgan fingerprint density at radius 3 is 2.78 bits per heavy atom. The van der Waals surface area contributed by atoms with Crippen molar-refractivity contribution in [3.05, 3.63) is 66.0 Å². The number of nitrogens with zero attached hydrogens (tertiary/aromatic N) is 5. The Balaban J connectivity index is 1.26. The fourth-order valence-corrected chi connectivity index (χ4v) is 4.68. The molecule has 1 fully saturated rings. The fourth-order valence-electron chi connectivity index (χ4n) is 4.68. The molecule has 1 aliphatic rings. The van der Waals surface area contributed by atoms with Crippen LogP contribution in [0.2, 0.25) is 0 Å². The largest absolute Gasteiger partial charge is 0.367 e. The third kappa shape index (κ3) is 4.72. The van der Waals surface area contributed by atoms with Crippen LogP contribution >= 0.6 is 0 Å². The summed E-state index contributed by atoms with van der Waals surface area (Å²) in [4.78, 5) is 35.5. The molecule has 3 N–H and O–H groups in total. The van der Waals surface area contributed by atoms with Crippen LogP contribution in [0.15, 0.2) is 49.1 Å². The Hall–Kier alpha value is -4.05. The molecule has 4 aromatic heterocycles. The first-order valence-electron chi connectivity index (χ1n) is 12.1. The number of likely N-dealkylation sites (tertiary alicyclic amines) is 1. The molecule has 5 rings (SSSR count). The van der Waals surface area contributed by atoms with Gasteiger partial charge < -0.3 is 15.6 Å². The number of carbonyl (C=O) groups excluding carboxylic acids is 2. The highest BCUT2D eigenvalue weighted by Crippen LogP contribution is 2.27. The van der Waals surface area contributed by atoms with Gasteiger partial charge in [-0.3, -0.25) is 19.5 Å². The van der Waals surface area contributed by atoms with Gasteiger partial charge in [0.2, 0.25) is 0 Å². The molecule has 0 atom stereocenters. The molecule has 0 aliphatic carbocycles. The number of H-pyrrole nitrogens is 1. The maximum atomic E-state index is 13.1. The molecule has 0 radical (unpaired) electrons. The molecule has 0 bridgehead atoms. The highest BCUT2D eigenvalue weighted by molar-refractivity contribution is 6.08. The van der Waals surface area contributed by atoms with Gasteiger partial charge in [-0.2, -0.15) is 0 Å². The van der Waals surface area contributed by atoms with Crippen molar-refractivity contribution in [2.45, 2.75) is 39.2 Å². The van der Waals surface area contributed by atoms with Crippen molar-refractivity contribution < 1.29 is 9.59 Å². The standard InChI is InChI=1S/C26H30N8O2/c1-17-21(13-20(15-29-17)24(35)28-10-12-33-11-4-8-26(33,2)3)30-25(36)23-22-6-5-19(16-34(22)32-31-23)18-7-9-27-14-18/h5-7,9,13-16,27H,4,8,10-12H2,1-3H3,(H,28,35)(H,30,36). The van der Waals surface area contributed by atoms with E-state index in [-0.39, 0.29) is 17.1 Å². The number of nitrogens with one attached hydrogen (secondary N) is 3. The molecule has 4 aromatic rings. The second-order valence-corrected chi connectivity index (χ2v) is 9.76. The van der Waals surface area contributed by atoms with Gasteiger partial charge in [0, 0.05) is 54.5 Å². The van der Waals surface area contributed by atoms with E-state index in [4.69, 9.17) is 0 Å². The lowest BCUT2D eigenvalue weighted by Gasteiger charge is -2.31. The summed E-state index contributed by atoms with van der Waals surface area (Å²) in [5.74, 6) is -0.639. The van der Waals surface area contributed by atoms with E-state index in [0.717, 1.165) is 24.2 Å². The van der Waals surface area contributed by atoms with Crippen LogP contribution in [0.1, 0.15) is 53.2 Å². The molecule has 36 heavy (non-hydrogen) atoms. The van der Waals surface area contributed by atoms with Gasteiger partial charge in [-0.05, 0) is 58.4 Å². The van der Waals surface area contributed by atoms with Gasteiger partial charge >= 0.3 is 0 Å². The minimum absolute atomic E-state index is 0.170. The Labute approximate surface area is 209 Å². The van der Waals surface area contributed by atoms with E-state index in [1.165, 1.54) is 19.0 Å². The highest BCUT2D eigenvalue weighted by atomic mass is 16.2. The summed E-state index contributed by atoms with van der Waals surface area (Å²) in [5, 5.41) is 14.0. The molecule has 2 amide bonds. The van der Waals surface area contributed by atoms with Crippen molar-refractivity contribution in [2.75, 3.05) is 25.0 Å². The maximum absolute atomic E-state index is 13.1. The Kier molecular flexibility index (Phi) is 6.27. The number of carbonyl (C=O) groups is 2. The predicted molar refractivity (Wildman–Crippen MR) is 137 cm³/mol. The third-order valence-electron chi connectivity index (χ3n) is 6.90. The van der Waals surface area contributed by atoms with E-state index >= 15 is 0 Å². The molecule has 10 nitrogen and oxygen atoms in total. The van der Waals surface area contributed by atoms with Crippen molar-refractivity contribution in [3.63, 3.8) is 0 Å². The Morgan fingerprint density at radius 1 is 1.17 bits per heavy atom. The summed E-state index contributed by atoms with van der Waals surface area (Å²) in [6.45, 7) is 8.65. The van der Waals surface area contributed by atoms with Crippen LogP contribution in [0.25, 0.3) is 16.6 Å². The summed E-state index contributed by atoms with van der Waals surface area (Å²) < 4.78 is 1.58. The number of anilines is 1. The van der Waals surface area contributed by atoms with E-state index in [1.54, 1.807) is 17.5 Å². The first-order valence-corrected chi connectivity index (χ1v) is 12.1. The van der Waals surface area contributed by atoms with Crippen LogP contribution in [0.3, 0.4) is 0 Å². The average molecular weight is 487 g/mol. The van der Waals surface area contributed by atoms with Gasteiger partial charge in [0.15, 0.2) is 5.69 Å². The number of hydrogen-bond acceptors (Lipinski definition) is 6. The average Bonchev–Trinajstić information content (AvgIpc) is 3.60. The second kappa shape index (κ2) is 9.54. The number of aryl methyl sites for hydroxylation is 1. The first-order chi connectivity index (χ1) is 17.3. The van der Waals surface area contributed by atoms with Crippen molar-refractivity contribution in [1.29, 1.82) is 0 Å². The molecule has 1 aliphatic heterocycles. The molecule has 186 valence electrons. The zero-order valence-corrected chi connectivity index (χ0v) is 20.7. The SMILES string of the molecule is Cc1ncc(C(=O)NCCN2CCCC2(C)C)cc1NC(=O)c1nnn2cc(-c3cc[nH]c3)ccc12. The van der Waals surface area contributed by atoms with Crippen LogP contribution in [-0.2, 0) is 0 Å². The zero-order chi connectivity index (χ0) is 25.3. The van der Waals surface area contributed by atoms with Gasteiger partial charge in [-0.1, -0.05) is 11.3 Å². The minimum Gasteiger partial charge on any atom is -0.367 e. The molecular weight excluding hydrogens is 456 g/mol. The molecular formula is C26H30N8O2. The summed E-state index contributed by atoms with van der Waals surface area (Å²) in [6, 6.07) is 7.33. The first kappa shape index (κ1) is 23.7. The Bertz CT molecular complexity index is 1410. The molecule has 10 heteroatoms. The number of hydrogen-bond donors (Lipinski definition) is 3. The number of pyridine rings is 2. The van der Waals surface area contributed by atoms with Gasteiger partial charge in [0.05, 0.1) is 22.5 Å². The van der Waals surface area contributed by atoms with Gasteiger partial charge in [-0.25, -0.2) is 4.52 Å². The lowest BCUT2D eigenvalue weighted by Crippen LogP contribution is -2.43. The molecule has 0 saturated carbocycles. The molecule has 0 spiro atoms. The van der Waals surface area contributed by atoms with Gasteiger partial charge in [-0.15, -0.1) is 5.10 Å². The van der Waals surface area contributed by atoms with Crippen LogP contribution in [0, 0.1) is 6.92 Å². The monoisotopic (exact) mass is 486 g/mol. The number of amides is 2. The summed E-state index contributed by atoms with van der Waals surface area (Å²) in [6.07, 6.45) is 9.43. The van der Waals surface area contributed by atoms with Gasteiger partial charge in [0.25, 0.3) is 11.8 Å². The van der Waals surface area contributed by atoms with E-state index in [2.05, 4.69) is 49.7 Å². The van der Waals surface area contributed by atoms with Crippen LogP contribution < -0.4 is 10.6 Å². The predicted octanol–water partition coefficient (Wildman–Crippen LogP) is 3.28. The lowest BCUT2D eigenvalue weighted by molar-refractivity contribution is 0.0938. The molecule has 0 unspecified atom stereocenters. The summed E-state index contributed by atoms with van der Waals surface area (Å²) in [7, 11) is 0. The highest BCUT2D eigenvalue weighted by Gasteiger charge is 2.31. The van der Waals surface area contributed by atoms with Crippen molar-refractivity contribution >= 4 is 23.0 Å². The van der Waals surface area contributed by atoms with Gasteiger partial charge in [0.1, 0.15) is 0 Å². The number of aromatic amines is 1. The van der Waals surface area contributed by atoms with E-state index < -0.39 is 5.91 Å². The number of rotatable bonds is 7. The number of fused-ring (bicyclic) bond motifs is 1. The molecule has 1 saturated heterocycles. The van der Waals surface area contributed by atoms with Crippen LogP contribution in [0.4, 0.5) is 5.69 Å². The molecule has 0 aromatic carbocycles. The Morgan fingerprint density at radius 2 is 2.03 bits per heavy atom. The summed E-state index contributed by atoms with van der Waals surface area (Å²) >= 11 is 0. The van der Waals surface area contributed by atoms with Crippen molar-refractivity contribution in [1.82, 2.24) is 35.0 Å². The zero-order valence-electron chi connectivity index (χ0n) is 20.7. The van der Waals surface area contributed by atoms with Crippen LogP contribution in [-0.4, -0.2) is 66.7 Å². The number of aromatic nitrogens is 5. The van der Waals surface area contributed by atoms with Crippen molar-refractivity contribution in [3.8, 4) is 11.1 Å². The van der Waals surface area contributed by atoms with E-state index in [9.17, 15) is 9.59 Å². The van der Waals surface area contributed by atoms with Crippen LogP contribution in [0.5, 0.6) is 0 Å². The minimum atomic E-state index is -0.418. The quantitative estimate of drug-likeness (QED) is 0.369. The second-order valence-electron chi connectivity index (χ2n) is 9.76. The smallest absolute Gasteiger partial charge is 0.278 e. The third-order valence-corrected chi connectivity index (χ3v) is 6.90. The van der Waals surface area contributed by atoms with Crippen molar-refractivity contribution in [2.24, 2.45) is 0 Å². The topological polar surface area (TPSA) is 120 Å². The maximum Gasteiger partial charge on any atom is 0.278 e. The fraction of sp³-hybridized carbons (Fsp3) is 0.346. The normalized spacial score (nSPS) is 15.3. The molecule has 5 heterocycles. The summed E-state index contributed by atoms with van der Waals surface area (Å²) in [5.41, 5.74) is 4.36. The van der Waals surface area contributed by atoms with E-state index in [1.807, 2.05) is 36.8 Å². The van der Waals surface area contributed by atoms with E-state index in [0.29, 0.717) is 29.0 Å². The lowest BCUT2D eigenvalue weighted by atomic mass is 10.0.